The van der Waals surface area contributed by atoms with Crippen LogP contribution >= 0.6 is 15.9 Å². The Morgan fingerprint density at radius 2 is 1.96 bits per heavy atom. The zero-order chi connectivity index (χ0) is 17.6. The second-order valence-corrected chi connectivity index (χ2v) is 8.34. The van der Waals surface area contributed by atoms with Crippen LogP contribution in [-0.4, -0.2) is 63.3 Å². The molecule has 1 amide bonds. The van der Waals surface area contributed by atoms with Crippen LogP contribution in [-0.2, 0) is 19.6 Å². The molecule has 2 rings (SSSR count). The van der Waals surface area contributed by atoms with Crippen molar-refractivity contribution in [3.63, 3.8) is 0 Å². The smallest absolute Gasteiger partial charge is 0.260 e. The van der Waals surface area contributed by atoms with Gasteiger partial charge < -0.3 is 14.8 Å². The number of nitrogens with zero attached hydrogens (tertiary/aromatic N) is 1. The number of rotatable bonds is 7. The minimum atomic E-state index is -3.38. The van der Waals surface area contributed by atoms with Crippen LogP contribution in [0.25, 0.3) is 0 Å². The molecule has 134 valence electrons. The lowest BCUT2D eigenvalue weighted by Crippen LogP contribution is -2.45. The van der Waals surface area contributed by atoms with Gasteiger partial charge in [-0.1, -0.05) is 15.9 Å². The number of sulfonamides is 1. The van der Waals surface area contributed by atoms with E-state index in [9.17, 15) is 13.2 Å². The standard InChI is InChI=1S/C15H21BrN2O5S/c1-12(23-14-4-2-13(16)3-5-14)15(19)17-6-11-24(20,21)18-7-9-22-10-8-18/h2-5,12H,6-11H2,1H3,(H,17,19). The maximum absolute atomic E-state index is 12.1. The van der Waals surface area contributed by atoms with Crippen molar-refractivity contribution in [3.8, 4) is 5.75 Å². The number of amides is 1. The first kappa shape index (κ1) is 19.2. The molecule has 0 spiro atoms. The van der Waals surface area contributed by atoms with Crippen LogP contribution in [0.4, 0.5) is 0 Å². The molecule has 24 heavy (non-hydrogen) atoms. The monoisotopic (exact) mass is 420 g/mol. The van der Waals surface area contributed by atoms with Gasteiger partial charge in [-0.15, -0.1) is 0 Å². The van der Waals surface area contributed by atoms with Crippen molar-refractivity contribution in [1.82, 2.24) is 9.62 Å². The van der Waals surface area contributed by atoms with Crippen LogP contribution in [0.3, 0.4) is 0 Å². The number of hydrogen-bond acceptors (Lipinski definition) is 5. The van der Waals surface area contributed by atoms with Gasteiger partial charge in [0.1, 0.15) is 5.75 Å². The Morgan fingerprint density at radius 1 is 1.33 bits per heavy atom. The SMILES string of the molecule is CC(Oc1ccc(Br)cc1)C(=O)NCCS(=O)(=O)N1CCOCC1. The van der Waals surface area contributed by atoms with Gasteiger partial charge in [0, 0.05) is 24.1 Å². The predicted molar refractivity (Wildman–Crippen MR) is 93.4 cm³/mol. The largest absolute Gasteiger partial charge is 0.481 e. The highest BCUT2D eigenvalue weighted by atomic mass is 79.9. The molecular weight excluding hydrogens is 400 g/mol. The van der Waals surface area contributed by atoms with Crippen LogP contribution in [0.2, 0.25) is 0 Å². The molecule has 1 unspecified atom stereocenters. The highest BCUT2D eigenvalue weighted by molar-refractivity contribution is 9.10. The molecule has 7 nitrogen and oxygen atoms in total. The summed E-state index contributed by atoms with van der Waals surface area (Å²) in [7, 11) is -3.38. The molecule has 1 aliphatic heterocycles. The minimum Gasteiger partial charge on any atom is -0.481 e. The summed E-state index contributed by atoms with van der Waals surface area (Å²) in [5.41, 5.74) is 0. The van der Waals surface area contributed by atoms with E-state index in [1.165, 1.54) is 4.31 Å². The summed E-state index contributed by atoms with van der Waals surface area (Å²) in [6.45, 7) is 3.20. The van der Waals surface area contributed by atoms with Crippen LogP contribution < -0.4 is 10.1 Å². The Hall–Kier alpha value is -1.16. The predicted octanol–water partition coefficient (Wildman–Crippen LogP) is 0.995. The Bertz CT molecular complexity index is 644. The lowest BCUT2D eigenvalue weighted by atomic mass is 10.3. The fraction of sp³-hybridized carbons (Fsp3) is 0.533. The highest BCUT2D eigenvalue weighted by Crippen LogP contribution is 2.17. The van der Waals surface area contributed by atoms with Crippen molar-refractivity contribution in [1.29, 1.82) is 0 Å². The zero-order valence-electron chi connectivity index (χ0n) is 13.4. The summed E-state index contributed by atoms with van der Waals surface area (Å²) < 4.78 is 37.3. The van der Waals surface area contributed by atoms with E-state index in [0.29, 0.717) is 32.1 Å². The quantitative estimate of drug-likeness (QED) is 0.710. The first-order valence-electron chi connectivity index (χ1n) is 7.64. The second kappa shape index (κ2) is 8.80. The molecule has 1 heterocycles. The molecule has 1 aromatic carbocycles. The summed E-state index contributed by atoms with van der Waals surface area (Å²) in [6, 6.07) is 7.12. The average Bonchev–Trinajstić information content (AvgIpc) is 2.57. The van der Waals surface area contributed by atoms with Crippen LogP contribution in [0.15, 0.2) is 28.7 Å². The van der Waals surface area contributed by atoms with Gasteiger partial charge in [-0.2, -0.15) is 4.31 Å². The van der Waals surface area contributed by atoms with Crippen molar-refractivity contribution >= 4 is 31.9 Å². The van der Waals surface area contributed by atoms with E-state index < -0.39 is 16.1 Å². The summed E-state index contributed by atoms with van der Waals surface area (Å²) in [5.74, 6) is 0.0842. The van der Waals surface area contributed by atoms with Gasteiger partial charge >= 0.3 is 0 Å². The summed E-state index contributed by atoms with van der Waals surface area (Å²) in [5, 5.41) is 2.60. The summed E-state index contributed by atoms with van der Waals surface area (Å²) >= 11 is 3.32. The van der Waals surface area contributed by atoms with Gasteiger partial charge in [0.25, 0.3) is 5.91 Å². The maximum atomic E-state index is 12.1. The van der Waals surface area contributed by atoms with Gasteiger partial charge in [0.05, 0.1) is 19.0 Å². The third kappa shape index (κ3) is 5.73. The number of morpholine rings is 1. The van der Waals surface area contributed by atoms with Crippen molar-refractivity contribution < 1.29 is 22.7 Å². The lowest BCUT2D eigenvalue weighted by molar-refractivity contribution is -0.127. The van der Waals surface area contributed by atoms with E-state index >= 15 is 0 Å². The molecule has 1 aromatic rings. The Balaban J connectivity index is 1.76. The fourth-order valence-electron chi connectivity index (χ4n) is 2.17. The molecule has 0 aliphatic carbocycles. The van der Waals surface area contributed by atoms with Gasteiger partial charge in [-0.3, -0.25) is 4.79 Å². The molecule has 0 bridgehead atoms. The first-order chi connectivity index (χ1) is 11.4. The normalized spacial score (nSPS) is 17.2. The van der Waals surface area contributed by atoms with Gasteiger partial charge in [0.15, 0.2) is 6.10 Å². The van der Waals surface area contributed by atoms with Gasteiger partial charge in [-0.25, -0.2) is 8.42 Å². The van der Waals surface area contributed by atoms with E-state index in [0.717, 1.165) is 4.47 Å². The van der Waals surface area contributed by atoms with E-state index in [4.69, 9.17) is 9.47 Å². The van der Waals surface area contributed by atoms with Gasteiger partial charge in [0.2, 0.25) is 10.0 Å². The topological polar surface area (TPSA) is 84.9 Å². The minimum absolute atomic E-state index is 0.0482. The van der Waals surface area contributed by atoms with Crippen molar-refractivity contribution in [2.75, 3.05) is 38.6 Å². The number of carbonyl (C=O) groups is 1. The number of nitrogens with one attached hydrogen (secondary N) is 1. The summed E-state index contributed by atoms with van der Waals surface area (Å²) in [4.78, 5) is 12.0. The number of halogens is 1. The molecule has 9 heteroatoms. The summed E-state index contributed by atoms with van der Waals surface area (Å²) in [6.07, 6.45) is -0.711. The molecular formula is C15H21BrN2O5S. The number of hydrogen-bond donors (Lipinski definition) is 1. The average molecular weight is 421 g/mol. The molecule has 1 N–H and O–H groups in total. The molecule has 1 saturated heterocycles. The zero-order valence-corrected chi connectivity index (χ0v) is 15.8. The van der Waals surface area contributed by atoms with Crippen LogP contribution in [0.5, 0.6) is 5.75 Å². The highest BCUT2D eigenvalue weighted by Gasteiger charge is 2.24. The van der Waals surface area contributed by atoms with Crippen molar-refractivity contribution in [3.05, 3.63) is 28.7 Å². The Morgan fingerprint density at radius 3 is 2.58 bits per heavy atom. The fourth-order valence-corrected chi connectivity index (χ4v) is 3.76. The van der Waals surface area contributed by atoms with E-state index in [1.54, 1.807) is 19.1 Å². The Labute approximate surface area is 150 Å². The Kier molecular flexibility index (Phi) is 7.02. The molecule has 1 atom stereocenters. The van der Waals surface area contributed by atoms with Crippen molar-refractivity contribution in [2.45, 2.75) is 13.0 Å². The van der Waals surface area contributed by atoms with Gasteiger partial charge in [-0.05, 0) is 31.2 Å². The van der Waals surface area contributed by atoms with E-state index in [2.05, 4.69) is 21.2 Å². The third-order valence-corrected chi connectivity index (χ3v) is 5.92. The molecule has 1 aliphatic rings. The number of carbonyl (C=O) groups excluding carboxylic acids is 1. The van der Waals surface area contributed by atoms with Crippen molar-refractivity contribution in [2.24, 2.45) is 0 Å². The maximum Gasteiger partial charge on any atom is 0.260 e. The lowest BCUT2D eigenvalue weighted by Gasteiger charge is -2.26. The van der Waals surface area contributed by atoms with E-state index in [1.807, 2.05) is 12.1 Å². The van der Waals surface area contributed by atoms with Crippen LogP contribution in [0, 0.1) is 0 Å². The molecule has 0 aromatic heterocycles. The second-order valence-electron chi connectivity index (χ2n) is 5.33. The van der Waals surface area contributed by atoms with Crippen LogP contribution in [0.1, 0.15) is 6.92 Å². The number of ether oxygens (including phenoxy) is 2. The first-order valence-corrected chi connectivity index (χ1v) is 10.0. The third-order valence-electron chi connectivity index (χ3n) is 3.52. The van der Waals surface area contributed by atoms with E-state index in [-0.39, 0.29) is 18.2 Å². The molecule has 0 radical (unpaired) electrons. The molecule has 1 fully saturated rings. The molecule has 0 saturated carbocycles. The number of benzene rings is 1.